The Kier molecular flexibility index (Phi) is 5.31. The van der Waals surface area contributed by atoms with Gasteiger partial charge >= 0.3 is 5.43 Å². The maximum atomic E-state index is 13.6. The Morgan fingerprint density at radius 2 is 1.89 bits per heavy atom. The molecule has 4 nitrogen and oxygen atoms in total. The summed E-state index contributed by atoms with van der Waals surface area (Å²) in [6.45, 7) is 12.4. The summed E-state index contributed by atoms with van der Waals surface area (Å²) in [5.74, 6) is 0.617. The highest BCUT2D eigenvalue weighted by Crippen LogP contribution is 2.68. The van der Waals surface area contributed by atoms with Gasteiger partial charge in [0.05, 0.1) is 6.10 Å². The standard InChI is InChI=1S/C22H33ClO4/c1-7-20(4)12-16(27-19(23)25)21(5)13(2)8-10-22(14(3)18(20)24)11-9-15(26-6)17(21)22/h7,13-17H,1,8-12H2,2-6H3/t13-,14-,15+,16+,17+,20+,21-,22-/m0/s1. The van der Waals surface area contributed by atoms with Crippen molar-refractivity contribution in [3.8, 4) is 0 Å². The quantitative estimate of drug-likeness (QED) is 0.474. The molecule has 0 spiro atoms. The lowest BCUT2D eigenvalue weighted by Gasteiger charge is -2.61. The van der Waals surface area contributed by atoms with E-state index in [-0.39, 0.29) is 34.6 Å². The van der Waals surface area contributed by atoms with Crippen LogP contribution in [-0.2, 0) is 14.3 Å². The van der Waals surface area contributed by atoms with Crippen molar-refractivity contribution < 1.29 is 19.1 Å². The molecule has 5 heteroatoms. The summed E-state index contributed by atoms with van der Waals surface area (Å²) in [6, 6.07) is 0. The van der Waals surface area contributed by atoms with Crippen LogP contribution in [0.4, 0.5) is 4.79 Å². The Labute approximate surface area is 168 Å². The van der Waals surface area contributed by atoms with Crippen LogP contribution in [0.3, 0.4) is 0 Å². The predicted molar refractivity (Wildman–Crippen MR) is 106 cm³/mol. The number of hydrogen-bond donors (Lipinski definition) is 0. The molecular weight excluding hydrogens is 364 g/mol. The zero-order valence-corrected chi connectivity index (χ0v) is 18.0. The van der Waals surface area contributed by atoms with Gasteiger partial charge in [-0.25, -0.2) is 4.79 Å². The number of methoxy groups -OCH3 is 1. The van der Waals surface area contributed by atoms with Crippen molar-refractivity contribution in [3.05, 3.63) is 12.7 Å². The van der Waals surface area contributed by atoms with Gasteiger partial charge in [-0.1, -0.05) is 26.8 Å². The van der Waals surface area contributed by atoms with Gasteiger partial charge in [-0.2, -0.15) is 0 Å². The van der Waals surface area contributed by atoms with Crippen LogP contribution in [0.5, 0.6) is 0 Å². The van der Waals surface area contributed by atoms with Gasteiger partial charge < -0.3 is 9.47 Å². The maximum Gasteiger partial charge on any atom is 0.404 e. The van der Waals surface area contributed by atoms with Crippen LogP contribution in [0.1, 0.15) is 59.8 Å². The third-order valence-corrected chi connectivity index (χ3v) is 8.86. The molecule has 0 aliphatic heterocycles. The minimum Gasteiger partial charge on any atom is -0.450 e. The van der Waals surface area contributed by atoms with Crippen LogP contribution in [-0.4, -0.2) is 30.5 Å². The molecule has 8 atom stereocenters. The van der Waals surface area contributed by atoms with E-state index >= 15 is 0 Å². The van der Waals surface area contributed by atoms with E-state index in [9.17, 15) is 9.59 Å². The number of hydrogen-bond acceptors (Lipinski definition) is 4. The fourth-order valence-corrected chi connectivity index (χ4v) is 7.01. The monoisotopic (exact) mass is 396 g/mol. The molecule has 0 aromatic rings. The minimum atomic E-state index is -0.802. The van der Waals surface area contributed by atoms with Crippen LogP contribution in [0.2, 0.25) is 0 Å². The second-order valence-corrected chi connectivity index (χ2v) is 9.89. The molecule has 0 radical (unpaired) electrons. The molecule has 3 aliphatic carbocycles. The van der Waals surface area contributed by atoms with Crippen molar-refractivity contribution in [3.63, 3.8) is 0 Å². The van der Waals surface area contributed by atoms with Gasteiger partial charge in [0.1, 0.15) is 11.9 Å². The second-order valence-electron chi connectivity index (χ2n) is 9.59. The van der Waals surface area contributed by atoms with Gasteiger partial charge in [0.15, 0.2) is 0 Å². The van der Waals surface area contributed by atoms with Crippen LogP contribution in [0.15, 0.2) is 12.7 Å². The normalized spacial score (nSPS) is 49.7. The number of ether oxygens (including phenoxy) is 2. The molecule has 0 N–H and O–H groups in total. The SMILES string of the molecule is C=C[C@]1(C)C[C@@H](OC(=O)Cl)[C@]2(C)[C@@H](C)CC[C@]3(CC[C@@H](OC)[C@@H]32)[C@@H](C)C1=O. The first kappa shape index (κ1) is 20.9. The number of ketones is 1. The van der Waals surface area contributed by atoms with Crippen LogP contribution in [0, 0.1) is 34.0 Å². The minimum absolute atomic E-state index is 0.0672. The number of halogens is 1. The molecule has 0 heterocycles. The van der Waals surface area contributed by atoms with E-state index in [1.807, 2.05) is 6.92 Å². The van der Waals surface area contributed by atoms with Gasteiger partial charge in [0.25, 0.3) is 0 Å². The third-order valence-electron chi connectivity index (χ3n) is 8.77. The number of carbonyl (C=O) groups is 2. The van der Waals surface area contributed by atoms with Gasteiger partial charge in [-0.05, 0) is 43.9 Å². The van der Waals surface area contributed by atoms with Crippen molar-refractivity contribution in [2.45, 2.75) is 72.0 Å². The molecule has 3 aliphatic rings. The fourth-order valence-electron chi connectivity index (χ4n) is 6.91. The average Bonchev–Trinajstić information content (AvgIpc) is 3.02. The predicted octanol–water partition coefficient (Wildman–Crippen LogP) is 5.38. The molecule has 3 rings (SSSR count). The van der Waals surface area contributed by atoms with E-state index in [0.717, 1.165) is 25.7 Å². The summed E-state index contributed by atoms with van der Waals surface area (Å²) in [5, 5.41) is 0. The summed E-state index contributed by atoms with van der Waals surface area (Å²) >= 11 is 5.70. The maximum absolute atomic E-state index is 13.6. The number of Topliss-reactive ketones (excluding diaryl/α,β-unsaturated/α-hetero) is 1. The largest absolute Gasteiger partial charge is 0.450 e. The first-order valence-electron chi connectivity index (χ1n) is 10.1. The lowest BCUT2D eigenvalue weighted by molar-refractivity contribution is -0.187. The Hall–Kier alpha value is -0.870. The Morgan fingerprint density at radius 3 is 2.44 bits per heavy atom. The molecule has 0 saturated heterocycles. The molecule has 27 heavy (non-hydrogen) atoms. The van der Waals surface area contributed by atoms with Gasteiger partial charge in [-0.3, -0.25) is 4.79 Å². The summed E-state index contributed by atoms with van der Waals surface area (Å²) in [4.78, 5) is 25.4. The van der Waals surface area contributed by atoms with Crippen LogP contribution >= 0.6 is 11.6 Å². The van der Waals surface area contributed by atoms with Crippen LogP contribution < -0.4 is 0 Å². The van der Waals surface area contributed by atoms with Crippen molar-refractivity contribution in [1.82, 2.24) is 0 Å². The number of rotatable bonds is 3. The smallest absolute Gasteiger partial charge is 0.404 e. The van der Waals surface area contributed by atoms with E-state index in [0.29, 0.717) is 12.3 Å². The topological polar surface area (TPSA) is 52.6 Å². The summed E-state index contributed by atoms with van der Waals surface area (Å²) < 4.78 is 11.7. The molecular formula is C22H33ClO4. The molecule has 3 fully saturated rings. The highest BCUT2D eigenvalue weighted by molar-refractivity contribution is 6.61. The highest BCUT2D eigenvalue weighted by Gasteiger charge is 2.68. The molecule has 0 aromatic heterocycles. The third kappa shape index (κ3) is 2.81. The molecule has 0 amide bonds. The van der Waals surface area contributed by atoms with E-state index in [1.165, 1.54) is 0 Å². The average molecular weight is 397 g/mol. The zero-order valence-electron chi connectivity index (χ0n) is 17.2. The molecule has 3 saturated carbocycles. The van der Waals surface area contributed by atoms with Crippen molar-refractivity contribution in [2.75, 3.05) is 7.11 Å². The van der Waals surface area contributed by atoms with E-state index in [1.54, 1.807) is 13.2 Å². The van der Waals surface area contributed by atoms with Crippen molar-refractivity contribution in [1.29, 1.82) is 0 Å². The fraction of sp³-hybridized carbons (Fsp3) is 0.818. The van der Waals surface area contributed by atoms with E-state index in [2.05, 4.69) is 27.4 Å². The lowest BCUT2D eigenvalue weighted by Crippen LogP contribution is -2.62. The number of allylic oxidation sites excluding steroid dienone is 1. The Bertz CT molecular complexity index is 648. The Morgan fingerprint density at radius 1 is 1.26 bits per heavy atom. The van der Waals surface area contributed by atoms with Crippen molar-refractivity contribution in [2.24, 2.45) is 34.0 Å². The molecule has 2 bridgehead atoms. The summed E-state index contributed by atoms with van der Waals surface area (Å²) in [6.07, 6.45) is 5.72. The van der Waals surface area contributed by atoms with Gasteiger partial charge in [-0.15, -0.1) is 6.58 Å². The van der Waals surface area contributed by atoms with Crippen molar-refractivity contribution >= 4 is 22.8 Å². The Balaban J connectivity index is 2.24. The summed E-state index contributed by atoms with van der Waals surface area (Å²) in [5.41, 5.74) is -1.97. The number of carbonyl (C=O) groups excluding carboxylic acids is 2. The molecule has 0 unspecified atom stereocenters. The lowest BCUT2D eigenvalue weighted by atomic mass is 9.44. The van der Waals surface area contributed by atoms with Gasteiger partial charge in [0.2, 0.25) is 0 Å². The first-order valence-corrected chi connectivity index (χ1v) is 10.5. The molecule has 152 valence electrons. The second kappa shape index (κ2) is 6.88. The van der Waals surface area contributed by atoms with E-state index < -0.39 is 16.9 Å². The zero-order chi connectivity index (χ0) is 20.2. The molecule has 0 aromatic carbocycles. The van der Waals surface area contributed by atoms with E-state index in [4.69, 9.17) is 21.1 Å². The summed E-state index contributed by atoms with van der Waals surface area (Å²) in [7, 11) is 1.76. The van der Waals surface area contributed by atoms with Crippen LogP contribution in [0.25, 0.3) is 0 Å². The van der Waals surface area contributed by atoms with Gasteiger partial charge in [0, 0.05) is 47.8 Å². The highest BCUT2D eigenvalue weighted by atomic mass is 35.5. The first-order chi connectivity index (χ1) is 12.6.